The Labute approximate surface area is 224 Å². The van der Waals surface area contributed by atoms with E-state index in [0.717, 1.165) is 5.71 Å². The second-order valence-corrected chi connectivity index (χ2v) is 9.99. The molecule has 4 heterocycles. The standard InChI is InChI=1S/C26H31N7O6/c1-13(2)29-21-17-22(28-12-27-21)33(14(3)30-17)26-19(35)18(34)20(39-26)25(38)31(4)10-7-11-32-23(36)15-8-5-6-9-16(15)24(32)37/h5-6,8-9,12,18-20,25-26,34-35,38H,7,10-11H2,1-4H3/t18-,19+,20-,25?,26+/m0/s1. The lowest BCUT2D eigenvalue weighted by atomic mass is 10.1. The van der Waals surface area contributed by atoms with Crippen molar-refractivity contribution in [1.82, 2.24) is 29.3 Å². The molecule has 5 atom stereocenters. The van der Waals surface area contributed by atoms with Gasteiger partial charge in [-0.05, 0) is 46.4 Å². The van der Waals surface area contributed by atoms with Crippen LogP contribution in [0.4, 0.5) is 5.82 Å². The molecule has 2 aromatic heterocycles. The summed E-state index contributed by atoms with van der Waals surface area (Å²) in [7, 11) is 1.63. The Balaban J connectivity index is 1.26. The van der Waals surface area contributed by atoms with Crippen LogP contribution in [0.15, 0.2) is 35.6 Å². The fourth-order valence-corrected chi connectivity index (χ4v) is 5.05. The van der Waals surface area contributed by atoms with Gasteiger partial charge in [-0.15, -0.1) is 0 Å². The second-order valence-electron chi connectivity index (χ2n) is 9.99. The molecule has 0 aliphatic carbocycles. The van der Waals surface area contributed by atoms with Crippen LogP contribution in [0.2, 0.25) is 0 Å². The van der Waals surface area contributed by atoms with E-state index in [9.17, 15) is 24.9 Å². The lowest BCUT2D eigenvalue weighted by molar-refractivity contribution is -0.133. The Morgan fingerprint density at radius 3 is 2.44 bits per heavy atom. The van der Waals surface area contributed by atoms with E-state index in [2.05, 4.69) is 19.9 Å². The number of imidazole rings is 1. The van der Waals surface area contributed by atoms with Crippen molar-refractivity contribution in [2.24, 2.45) is 4.99 Å². The van der Waals surface area contributed by atoms with Crippen LogP contribution in [-0.2, 0) is 4.74 Å². The average Bonchev–Trinajstić information content (AvgIpc) is 3.48. The Hall–Kier alpha value is -3.62. The zero-order valence-electron chi connectivity index (χ0n) is 22.1. The van der Waals surface area contributed by atoms with E-state index in [1.165, 1.54) is 11.2 Å². The van der Waals surface area contributed by atoms with Gasteiger partial charge in [0.05, 0.1) is 11.1 Å². The Kier molecular flexibility index (Phi) is 7.27. The number of aliphatic imine (C=N–C) groups is 1. The minimum absolute atomic E-state index is 0.171. The minimum Gasteiger partial charge on any atom is -0.387 e. The summed E-state index contributed by atoms with van der Waals surface area (Å²) >= 11 is 0. The number of imide groups is 1. The number of carbonyl (C=O) groups excluding carboxylic acids is 2. The normalized spacial score (nSPS) is 23.6. The summed E-state index contributed by atoms with van der Waals surface area (Å²) in [6.07, 6.45) is -4.55. The molecular weight excluding hydrogens is 506 g/mol. The van der Waals surface area contributed by atoms with Gasteiger partial charge in [-0.2, -0.15) is 0 Å². The summed E-state index contributed by atoms with van der Waals surface area (Å²) in [5.41, 5.74) is 2.35. The molecule has 1 fully saturated rings. The van der Waals surface area contributed by atoms with Crippen LogP contribution in [0, 0.1) is 6.92 Å². The molecule has 0 bridgehead atoms. The van der Waals surface area contributed by atoms with Gasteiger partial charge < -0.3 is 20.1 Å². The van der Waals surface area contributed by atoms with Crippen LogP contribution < -0.4 is 0 Å². The van der Waals surface area contributed by atoms with E-state index < -0.39 is 30.8 Å². The SMILES string of the molecule is CC(C)=Nc1ncnc2c1nc(C)n2[C@@H]1O[C@H](C(O)N(C)CCCN2C(=O)c3ccccc3C2=O)[C@@H](O)[C@H]1O. The zero-order chi connectivity index (χ0) is 28.0. The Morgan fingerprint density at radius 1 is 1.13 bits per heavy atom. The quantitative estimate of drug-likeness (QED) is 0.212. The van der Waals surface area contributed by atoms with Crippen molar-refractivity contribution in [3.8, 4) is 0 Å². The van der Waals surface area contributed by atoms with Gasteiger partial charge in [0.2, 0.25) is 0 Å². The molecule has 1 saturated heterocycles. The Bertz CT molecular complexity index is 1420. The van der Waals surface area contributed by atoms with Crippen LogP contribution in [0.25, 0.3) is 11.2 Å². The molecule has 3 aromatic rings. The van der Waals surface area contributed by atoms with Gasteiger partial charge in [0, 0.05) is 18.8 Å². The van der Waals surface area contributed by atoms with E-state index in [1.54, 1.807) is 47.7 Å². The average molecular weight is 538 g/mol. The fraction of sp³-hybridized carbons (Fsp3) is 0.462. The number of aryl methyl sites for hydroxylation is 1. The van der Waals surface area contributed by atoms with E-state index in [0.29, 0.717) is 46.9 Å². The van der Waals surface area contributed by atoms with Crippen molar-refractivity contribution in [1.29, 1.82) is 0 Å². The van der Waals surface area contributed by atoms with E-state index >= 15 is 0 Å². The van der Waals surface area contributed by atoms with Crippen LogP contribution in [0.5, 0.6) is 0 Å². The maximum Gasteiger partial charge on any atom is 0.261 e. The van der Waals surface area contributed by atoms with Gasteiger partial charge in [0.1, 0.15) is 36.7 Å². The number of aliphatic hydroxyl groups is 3. The third kappa shape index (κ3) is 4.72. The Morgan fingerprint density at radius 2 is 1.79 bits per heavy atom. The lowest BCUT2D eigenvalue weighted by Crippen LogP contribution is -2.48. The number of amides is 2. The molecular formula is C26H31N7O6. The van der Waals surface area contributed by atoms with Crippen molar-refractivity contribution < 1.29 is 29.6 Å². The first kappa shape index (κ1) is 27.0. The number of ether oxygens (including phenoxy) is 1. The fourth-order valence-electron chi connectivity index (χ4n) is 5.05. The number of rotatable bonds is 8. The van der Waals surface area contributed by atoms with E-state index in [-0.39, 0.29) is 18.4 Å². The molecule has 206 valence electrons. The van der Waals surface area contributed by atoms with Crippen LogP contribution in [0.3, 0.4) is 0 Å². The highest BCUT2D eigenvalue weighted by atomic mass is 16.6. The lowest BCUT2D eigenvalue weighted by Gasteiger charge is -2.29. The molecule has 39 heavy (non-hydrogen) atoms. The maximum atomic E-state index is 12.6. The minimum atomic E-state index is -1.40. The molecule has 3 N–H and O–H groups in total. The van der Waals surface area contributed by atoms with Gasteiger partial charge in [-0.1, -0.05) is 12.1 Å². The van der Waals surface area contributed by atoms with Crippen molar-refractivity contribution >= 4 is 34.5 Å². The van der Waals surface area contributed by atoms with Crippen LogP contribution >= 0.6 is 0 Å². The number of nitrogens with zero attached hydrogens (tertiary/aromatic N) is 7. The first-order chi connectivity index (χ1) is 18.6. The predicted molar refractivity (Wildman–Crippen MR) is 139 cm³/mol. The highest BCUT2D eigenvalue weighted by molar-refractivity contribution is 6.21. The number of aromatic nitrogens is 4. The van der Waals surface area contributed by atoms with Crippen molar-refractivity contribution in [2.75, 3.05) is 20.1 Å². The van der Waals surface area contributed by atoms with Gasteiger partial charge in [0.15, 0.2) is 23.2 Å². The van der Waals surface area contributed by atoms with Gasteiger partial charge in [0.25, 0.3) is 11.8 Å². The smallest absolute Gasteiger partial charge is 0.261 e. The summed E-state index contributed by atoms with van der Waals surface area (Å²) in [6.45, 7) is 5.84. The number of aliphatic hydroxyl groups excluding tert-OH is 3. The highest BCUT2D eigenvalue weighted by Gasteiger charge is 2.48. The summed E-state index contributed by atoms with van der Waals surface area (Å²) in [4.78, 5) is 45.3. The maximum absolute atomic E-state index is 12.6. The molecule has 0 radical (unpaired) electrons. The van der Waals surface area contributed by atoms with Gasteiger partial charge in [-0.3, -0.25) is 24.0 Å². The molecule has 2 aliphatic rings. The largest absolute Gasteiger partial charge is 0.387 e. The monoisotopic (exact) mass is 537 g/mol. The number of hydrogen-bond acceptors (Lipinski definition) is 11. The number of carbonyl (C=O) groups is 2. The molecule has 13 heteroatoms. The third-order valence-electron chi connectivity index (χ3n) is 7.01. The number of benzene rings is 1. The van der Waals surface area contributed by atoms with Gasteiger partial charge >= 0.3 is 0 Å². The summed E-state index contributed by atoms with van der Waals surface area (Å²) in [5.74, 6) is 0.170. The van der Waals surface area contributed by atoms with Crippen LogP contribution in [0.1, 0.15) is 53.0 Å². The summed E-state index contributed by atoms with van der Waals surface area (Å²) in [6, 6.07) is 6.68. The highest BCUT2D eigenvalue weighted by Crippen LogP contribution is 2.35. The van der Waals surface area contributed by atoms with Crippen molar-refractivity contribution in [2.45, 2.75) is 58.0 Å². The predicted octanol–water partition coefficient (Wildman–Crippen LogP) is 0.803. The third-order valence-corrected chi connectivity index (χ3v) is 7.01. The molecule has 5 rings (SSSR count). The molecule has 0 spiro atoms. The van der Waals surface area contributed by atoms with Gasteiger partial charge in [-0.25, -0.2) is 19.9 Å². The van der Waals surface area contributed by atoms with Crippen molar-refractivity contribution in [3.05, 3.63) is 47.5 Å². The number of fused-ring (bicyclic) bond motifs is 2. The summed E-state index contributed by atoms with van der Waals surface area (Å²) < 4.78 is 7.56. The van der Waals surface area contributed by atoms with Crippen LogP contribution in [-0.4, -0.2) is 107 Å². The molecule has 1 unspecified atom stereocenters. The van der Waals surface area contributed by atoms with E-state index in [1.807, 2.05) is 13.8 Å². The molecule has 13 nitrogen and oxygen atoms in total. The molecule has 2 amide bonds. The topological polar surface area (TPSA) is 166 Å². The molecule has 1 aromatic carbocycles. The first-order valence-corrected chi connectivity index (χ1v) is 12.7. The molecule has 2 aliphatic heterocycles. The number of likely N-dealkylation sites (N-methyl/N-ethyl adjacent to an activating group) is 1. The van der Waals surface area contributed by atoms with E-state index in [4.69, 9.17) is 4.74 Å². The first-order valence-electron chi connectivity index (χ1n) is 12.7. The molecule has 0 saturated carbocycles. The summed E-state index contributed by atoms with van der Waals surface area (Å²) in [5, 5.41) is 32.7. The second kappa shape index (κ2) is 10.5. The van der Waals surface area contributed by atoms with Crippen molar-refractivity contribution in [3.63, 3.8) is 0 Å². The zero-order valence-corrected chi connectivity index (χ0v) is 22.1. The number of hydrogen-bond donors (Lipinski definition) is 3.